The van der Waals surface area contributed by atoms with Crippen LogP contribution in [0.1, 0.15) is 34.2 Å². The highest BCUT2D eigenvalue weighted by molar-refractivity contribution is 5.95. The maximum absolute atomic E-state index is 12.0. The van der Waals surface area contributed by atoms with Gasteiger partial charge in [-0.25, -0.2) is 4.98 Å². The molecule has 1 aliphatic heterocycles. The van der Waals surface area contributed by atoms with Gasteiger partial charge in [-0.1, -0.05) is 48.5 Å². The predicted octanol–water partition coefficient (Wildman–Crippen LogP) is 4.60. The topological polar surface area (TPSA) is 46.9 Å². The van der Waals surface area contributed by atoms with E-state index in [0.29, 0.717) is 11.6 Å². The summed E-state index contributed by atoms with van der Waals surface area (Å²) in [4.78, 5) is 16.9. The van der Waals surface area contributed by atoms with E-state index in [1.54, 1.807) is 7.05 Å². The lowest BCUT2D eigenvalue weighted by Crippen LogP contribution is -2.17. The van der Waals surface area contributed by atoms with Gasteiger partial charge >= 0.3 is 0 Å². The van der Waals surface area contributed by atoms with Crippen molar-refractivity contribution in [1.82, 2.24) is 14.9 Å². The Hall–Kier alpha value is -3.40. The Morgan fingerprint density at radius 3 is 2.64 bits per heavy atom. The van der Waals surface area contributed by atoms with E-state index >= 15 is 0 Å². The third-order valence-electron chi connectivity index (χ3n) is 5.59. The van der Waals surface area contributed by atoms with E-state index in [0.717, 1.165) is 40.8 Å². The second-order valence-electron chi connectivity index (χ2n) is 7.23. The zero-order valence-electron chi connectivity index (χ0n) is 15.7. The van der Waals surface area contributed by atoms with Gasteiger partial charge in [-0.15, -0.1) is 0 Å². The number of hydrogen-bond donors (Lipinski definition) is 1. The minimum absolute atomic E-state index is 0.0719. The molecule has 0 bridgehead atoms. The number of aromatic nitrogens is 2. The molecule has 4 nitrogen and oxygen atoms in total. The largest absolute Gasteiger partial charge is 0.355 e. The lowest BCUT2D eigenvalue weighted by molar-refractivity contribution is 0.0963. The van der Waals surface area contributed by atoms with E-state index in [9.17, 15) is 4.79 Å². The first-order chi connectivity index (χ1) is 13.7. The molecule has 1 amide bonds. The van der Waals surface area contributed by atoms with Gasteiger partial charge in [0, 0.05) is 19.0 Å². The van der Waals surface area contributed by atoms with Crippen molar-refractivity contribution in [2.45, 2.75) is 18.9 Å². The molecule has 1 aliphatic rings. The Labute approximate surface area is 163 Å². The lowest BCUT2D eigenvalue weighted by Gasteiger charge is -2.15. The van der Waals surface area contributed by atoms with Crippen LogP contribution in [0.3, 0.4) is 0 Å². The smallest absolute Gasteiger partial charge is 0.251 e. The van der Waals surface area contributed by atoms with E-state index in [2.05, 4.69) is 58.4 Å². The standard InChI is InChI=1S/C24H21N3O/c1-25-24(28)19-9-5-8-17(14-19)18-10-11-20-22(15-18)27-21(12-13-23(27)26-20)16-6-3-2-4-7-16/h2-11,14-15,21H,12-13H2,1H3,(H,25,28). The minimum atomic E-state index is -0.0719. The Morgan fingerprint density at radius 1 is 1.00 bits per heavy atom. The van der Waals surface area contributed by atoms with E-state index in [1.807, 2.05) is 24.3 Å². The summed E-state index contributed by atoms with van der Waals surface area (Å²) < 4.78 is 2.39. The summed E-state index contributed by atoms with van der Waals surface area (Å²) >= 11 is 0. The molecule has 0 aliphatic carbocycles. The lowest BCUT2D eigenvalue weighted by atomic mass is 10.0. The van der Waals surface area contributed by atoms with Crippen LogP contribution in [0.2, 0.25) is 0 Å². The molecule has 3 aromatic carbocycles. The Kier molecular flexibility index (Phi) is 3.97. The van der Waals surface area contributed by atoms with Crippen LogP contribution in [0.5, 0.6) is 0 Å². The van der Waals surface area contributed by atoms with Crippen molar-refractivity contribution >= 4 is 16.9 Å². The summed E-state index contributed by atoms with van der Waals surface area (Å²) in [5.74, 6) is 1.08. The van der Waals surface area contributed by atoms with Crippen molar-refractivity contribution in [1.29, 1.82) is 0 Å². The molecule has 1 aromatic heterocycles. The maximum atomic E-state index is 12.0. The quantitative estimate of drug-likeness (QED) is 0.575. The van der Waals surface area contributed by atoms with Crippen LogP contribution in [0.25, 0.3) is 22.2 Å². The SMILES string of the molecule is CNC(=O)c1cccc(-c2ccc3nc4n(c3c2)C(c2ccccc2)CC4)c1. The number of amides is 1. The fourth-order valence-electron chi connectivity index (χ4n) is 4.22. The van der Waals surface area contributed by atoms with Crippen molar-refractivity contribution < 1.29 is 4.79 Å². The van der Waals surface area contributed by atoms with Crippen LogP contribution in [0, 0.1) is 0 Å². The molecule has 0 radical (unpaired) electrons. The zero-order valence-corrected chi connectivity index (χ0v) is 15.7. The summed E-state index contributed by atoms with van der Waals surface area (Å²) in [6.45, 7) is 0. The second-order valence-corrected chi connectivity index (χ2v) is 7.23. The van der Waals surface area contributed by atoms with Gasteiger partial charge in [-0.3, -0.25) is 4.79 Å². The fraction of sp³-hybridized carbons (Fsp3) is 0.167. The van der Waals surface area contributed by atoms with Gasteiger partial charge in [0.25, 0.3) is 5.91 Å². The van der Waals surface area contributed by atoms with Crippen molar-refractivity contribution in [2.24, 2.45) is 0 Å². The molecule has 5 rings (SSSR count). The molecule has 0 saturated heterocycles. The third-order valence-corrected chi connectivity index (χ3v) is 5.59. The molecule has 138 valence electrons. The van der Waals surface area contributed by atoms with Gasteiger partial charge in [-0.05, 0) is 47.4 Å². The Balaban J connectivity index is 1.62. The first kappa shape index (κ1) is 16.8. The molecule has 4 heteroatoms. The Bertz CT molecular complexity index is 1180. The van der Waals surface area contributed by atoms with E-state index in [4.69, 9.17) is 4.98 Å². The van der Waals surface area contributed by atoms with Gasteiger partial charge in [0.2, 0.25) is 0 Å². The molecular formula is C24H21N3O. The normalized spacial score (nSPS) is 15.5. The number of imidazole rings is 1. The van der Waals surface area contributed by atoms with Crippen LogP contribution in [0.15, 0.2) is 72.8 Å². The zero-order chi connectivity index (χ0) is 19.1. The first-order valence-corrected chi connectivity index (χ1v) is 9.63. The fourth-order valence-corrected chi connectivity index (χ4v) is 4.22. The molecule has 2 heterocycles. The highest BCUT2D eigenvalue weighted by Gasteiger charge is 2.27. The minimum Gasteiger partial charge on any atom is -0.355 e. The molecule has 0 saturated carbocycles. The number of hydrogen-bond acceptors (Lipinski definition) is 2. The molecule has 28 heavy (non-hydrogen) atoms. The summed E-state index contributed by atoms with van der Waals surface area (Å²) in [7, 11) is 1.65. The number of carbonyl (C=O) groups excluding carboxylic acids is 1. The van der Waals surface area contributed by atoms with Crippen LogP contribution in [-0.4, -0.2) is 22.5 Å². The molecule has 4 aromatic rings. The number of carbonyl (C=O) groups is 1. The molecule has 1 N–H and O–H groups in total. The summed E-state index contributed by atoms with van der Waals surface area (Å²) in [6, 6.07) is 25.1. The second kappa shape index (κ2) is 6.64. The van der Waals surface area contributed by atoms with Gasteiger partial charge in [0.15, 0.2) is 0 Å². The van der Waals surface area contributed by atoms with Gasteiger partial charge in [-0.2, -0.15) is 0 Å². The average Bonchev–Trinajstić information content (AvgIpc) is 3.33. The van der Waals surface area contributed by atoms with Gasteiger partial charge in [0.1, 0.15) is 5.82 Å². The number of rotatable bonds is 3. The molecule has 0 spiro atoms. The molecule has 1 unspecified atom stereocenters. The van der Waals surface area contributed by atoms with Crippen molar-refractivity contribution in [3.8, 4) is 11.1 Å². The highest BCUT2D eigenvalue weighted by Crippen LogP contribution is 2.36. The maximum Gasteiger partial charge on any atom is 0.251 e. The van der Waals surface area contributed by atoms with Crippen LogP contribution >= 0.6 is 0 Å². The van der Waals surface area contributed by atoms with Gasteiger partial charge in [0.05, 0.1) is 17.1 Å². The third kappa shape index (κ3) is 2.69. The number of fused-ring (bicyclic) bond motifs is 3. The number of nitrogens with one attached hydrogen (secondary N) is 1. The van der Waals surface area contributed by atoms with Crippen LogP contribution < -0.4 is 5.32 Å². The first-order valence-electron chi connectivity index (χ1n) is 9.63. The molecular weight excluding hydrogens is 346 g/mol. The highest BCUT2D eigenvalue weighted by atomic mass is 16.1. The summed E-state index contributed by atoms with van der Waals surface area (Å²) in [5, 5.41) is 2.69. The van der Waals surface area contributed by atoms with Crippen LogP contribution in [0.4, 0.5) is 0 Å². The number of aryl methyl sites for hydroxylation is 1. The summed E-state index contributed by atoms with van der Waals surface area (Å²) in [5.41, 5.74) is 6.31. The number of benzene rings is 3. The van der Waals surface area contributed by atoms with Crippen molar-refractivity contribution in [2.75, 3.05) is 7.05 Å². The monoisotopic (exact) mass is 367 g/mol. The number of nitrogens with zero attached hydrogens (tertiary/aromatic N) is 2. The van der Waals surface area contributed by atoms with Crippen molar-refractivity contribution in [3.63, 3.8) is 0 Å². The van der Waals surface area contributed by atoms with E-state index in [1.165, 1.54) is 5.56 Å². The summed E-state index contributed by atoms with van der Waals surface area (Å²) in [6.07, 6.45) is 2.08. The van der Waals surface area contributed by atoms with Crippen molar-refractivity contribution in [3.05, 3.63) is 89.7 Å². The van der Waals surface area contributed by atoms with E-state index in [-0.39, 0.29) is 5.91 Å². The predicted molar refractivity (Wildman–Crippen MR) is 111 cm³/mol. The van der Waals surface area contributed by atoms with Gasteiger partial charge < -0.3 is 9.88 Å². The Morgan fingerprint density at radius 2 is 1.82 bits per heavy atom. The van der Waals surface area contributed by atoms with Crippen LogP contribution in [-0.2, 0) is 6.42 Å². The molecule has 0 fully saturated rings. The van der Waals surface area contributed by atoms with E-state index < -0.39 is 0 Å². The average molecular weight is 367 g/mol. The molecule has 1 atom stereocenters.